The van der Waals surface area contributed by atoms with Gasteiger partial charge in [-0.1, -0.05) is 30.3 Å². The summed E-state index contributed by atoms with van der Waals surface area (Å²) >= 11 is 3.98. The number of nitrogens with one attached hydrogen (secondary N) is 1. The number of furan rings is 1. The fraction of sp³-hybridized carbons (Fsp3) is 0.286. The first-order chi connectivity index (χ1) is 12.7. The van der Waals surface area contributed by atoms with Crippen LogP contribution in [0.1, 0.15) is 45.7 Å². The highest BCUT2D eigenvalue weighted by atomic mass is 32.2. The van der Waals surface area contributed by atoms with Gasteiger partial charge in [0.25, 0.3) is 5.91 Å². The van der Waals surface area contributed by atoms with E-state index in [0.29, 0.717) is 10.1 Å². The van der Waals surface area contributed by atoms with Crippen LogP contribution < -0.4 is 5.32 Å². The van der Waals surface area contributed by atoms with Crippen molar-refractivity contribution >= 4 is 40.4 Å². The van der Waals surface area contributed by atoms with Crippen molar-refractivity contribution in [1.82, 2.24) is 5.32 Å². The van der Waals surface area contributed by atoms with Gasteiger partial charge in [-0.2, -0.15) is 0 Å². The molecule has 0 radical (unpaired) electrons. The maximum Gasteiger partial charge on any atom is 0.251 e. The van der Waals surface area contributed by atoms with Gasteiger partial charge in [0.05, 0.1) is 10.6 Å². The minimum absolute atomic E-state index is 0.0755. The molecule has 1 atom stereocenters. The molecular formula is C21H21NO2S2. The molecule has 0 bridgehead atoms. The lowest BCUT2D eigenvalue weighted by Gasteiger charge is -2.21. The summed E-state index contributed by atoms with van der Waals surface area (Å²) in [6, 6.07) is 17.7. The SMILES string of the molecule is CC(NC(=O)c1ccc(C2SCCCS2)cc1)c1cc2ccccc2o1. The van der Waals surface area contributed by atoms with Crippen LogP contribution in [0.5, 0.6) is 0 Å². The number of benzene rings is 2. The Labute approximate surface area is 161 Å². The van der Waals surface area contributed by atoms with E-state index in [1.165, 1.54) is 23.5 Å². The first kappa shape index (κ1) is 17.6. The Balaban J connectivity index is 1.43. The van der Waals surface area contributed by atoms with E-state index in [1.807, 2.05) is 72.9 Å². The van der Waals surface area contributed by atoms with Crippen LogP contribution in [0, 0.1) is 0 Å². The standard InChI is InChI=1S/C21H21NO2S2/c1-14(19-13-17-5-2-3-6-18(17)24-19)22-20(23)15-7-9-16(10-8-15)21-25-11-4-12-26-21/h2-3,5-10,13-14,21H,4,11-12H2,1H3,(H,22,23). The van der Waals surface area contributed by atoms with E-state index in [9.17, 15) is 4.79 Å². The van der Waals surface area contributed by atoms with Gasteiger partial charge in [-0.25, -0.2) is 0 Å². The van der Waals surface area contributed by atoms with Crippen molar-refractivity contribution in [2.24, 2.45) is 0 Å². The zero-order valence-corrected chi connectivity index (χ0v) is 16.2. The fourth-order valence-corrected chi connectivity index (χ4v) is 5.93. The van der Waals surface area contributed by atoms with Crippen LogP contribution in [0.15, 0.2) is 59.0 Å². The Morgan fingerprint density at radius 2 is 1.85 bits per heavy atom. The van der Waals surface area contributed by atoms with Crippen molar-refractivity contribution in [3.8, 4) is 0 Å². The average Bonchev–Trinajstić information content (AvgIpc) is 3.13. The van der Waals surface area contributed by atoms with Crippen LogP contribution in [0.2, 0.25) is 0 Å². The van der Waals surface area contributed by atoms with E-state index in [0.717, 1.165) is 16.7 Å². The minimum Gasteiger partial charge on any atom is -0.459 e. The smallest absolute Gasteiger partial charge is 0.251 e. The molecule has 2 heterocycles. The number of hydrogen-bond donors (Lipinski definition) is 1. The second-order valence-electron chi connectivity index (χ2n) is 6.43. The molecule has 1 saturated heterocycles. The van der Waals surface area contributed by atoms with Gasteiger partial charge in [-0.3, -0.25) is 4.79 Å². The molecule has 3 aromatic rings. The highest BCUT2D eigenvalue weighted by Crippen LogP contribution is 2.43. The molecule has 5 heteroatoms. The van der Waals surface area contributed by atoms with Gasteiger partial charge in [0, 0.05) is 10.9 Å². The second kappa shape index (κ2) is 7.80. The zero-order valence-electron chi connectivity index (χ0n) is 14.6. The molecule has 3 nitrogen and oxygen atoms in total. The lowest BCUT2D eigenvalue weighted by molar-refractivity contribution is 0.0935. The third kappa shape index (κ3) is 3.79. The minimum atomic E-state index is -0.181. The van der Waals surface area contributed by atoms with Gasteiger partial charge < -0.3 is 9.73 Å². The molecule has 1 aliphatic heterocycles. The van der Waals surface area contributed by atoms with Crippen molar-refractivity contribution < 1.29 is 9.21 Å². The Kier molecular flexibility index (Phi) is 5.27. The highest BCUT2D eigenvalue weighted by Gasteiger charge is 2.18. The summed E-state index contributed by atoms with van der Waals surface area (Å²) in [4.78, 5) is 12.6. The summed E-state index contributed by atoms with van der Waals surface area (Å²) in [5.41, 5.74) is 2.82. The normalized spacial score (nSPS) is 16.5. The van der Waals surface area contributed by atoms with Gasteiger partial charge in [-0.05, 0) is 54.7 Å². The molecule has 1 fully saturated rings. The monoisotopic (exact) mass is 383 g/mol. The van der Waals surface area contributed by atoms with Crippen LogP contribution in [0.4, 0.5) is 0 Å². The van der Waals surface area contributed by atoms with Crippen molar-refractivity contribution in [2.75, 3.05) is 11.5 Å². The number of carbonyl (C=O) groups excluding carboxylic acids is 1. The van der Waals surface area contributed by atoms with Crippen molar-refractivity contribution in [3.05, 3.63) is 71.5 Å². The van der Waals surface area contributed by atoms with Crippen molar-refractivity contribution in [1.29, 1.82) is 0 Å². The molecule has 134 valence electrons. The van der Waals surface area contributed by atoms with Gasteiger partial charge in [0.1, 0.15) is 11.3 Å². The molecule has 4 rings (SSSR count). The van der Waals surface area contributed by atoms with Gasteiger partial charge in [-0.15, -0.1) is 23.5 Å². The summed E-state index contributed by atoms with van der Waals surface area (Å²) in [5, 5.41) is 4.08. The number of para-hydroxylation sites is 1. The summed E-state index contributed by atoms with van der Waals surface area (Å²) in [6.07, 6.45) is 1.28. The first-order valence-corrected chi connectivity index (χ1v) is 10.9. The topological polar surface area (TPSA) is 42.2 Å². The molecule has 1 aliphatic rings. The van der Waals surface area contributed by atoms with Crippen LogP contribution in [-0.4, -0.2) is 17.4 Å². The van der Waals surface area contributed by atoms with E-state index in [1.54, 1.807) is 0 Å². The molecule has 26 heavy (non-hydrogen) atoms. The predicted molar refractivity (Wildman–Crippen MR) is 111 cm³/mol. The molecular weight excluding hydrogens is 362 g/mol. The average molecular weight is 384 g/mol. The molecule has 2 aromatic carbocycles. The lowest BCUT2D eigenvalue weighted by Crippen LogP contribution is -2.26. The number of fused-ring (bicyclic) bond motifs is 1. The van der Waals surface area contributed by atoms with Gasteiger partial charge in [0.2, 0.25) is 0 Å². The maximum atomic E-state index is 12.6. The summed E-state index contributed by atoms with van der Waals surface area (Å²) in [5.74, 6) is 3.13. The van der Waals surface area contributed by atoms with Crippen LogP contribution >= 0.6 is 23.5 Å². The van der Waals surface area contributed by atoms with Crippen molar-refractivity contribution in [3.63, 3.8) is 0 Å². The third-order valence-electron chi connectivity index (χ3n) is 4.49. The second-order valence-corrected chi connectivity index (χ2v) is 9.16. The molecule has 0 saturated carbocycles. The number of hydrogen-bond acceptors (Lipinski definition) is 4. The summed E-state index contributed by atoms with van der Waals surface area (Å²) < 4.78 is 6.34. The predicted octanol–water partition coefficient (Wildman–Crippen LogP) is 5.79. The number of rotatable bonds is 4. The Bertz CT molecular complexity index is 865. The van der Waals surface area contributed by atoms with E-state index in [4.69, 9.17) is 4.42 Å². The quantitative estimate of drug-likeness (QED) is 0.619. The lowest BCUT2D eigenvalue weighted by atomic mass is 10.1. The molecule has 1 unspecified atom stereocenters. The van der Waals surface area contributed by atoms with Crippen molar-refractivity contribution in [2.45, 2.75) is 24.0 Å². The highest BCUT2D eigenvalue weighted by molar-refractivity contribution is 8.16. The third-order valence-corrected chi connectivity index (χ3v) is 7.51. The fourth-order valence-electron chi connectivity index (χ4n) is 3.04. The van der Waals surface area contributed by atoms with Gasteiger partial charge in [0.15, 0.2) is 0 Å². The molecule has 0 spiro atoms. The number of thioether (sulfide) groups is 2. The molecule has 1 aromatic heterocycles. The van der Waals surface area contributed by atoms with Crippen LogP contribution in [0.3, 0.4) is 0 Å². The largest absolute Gasteiger partial charge is 0.459 e. The maximum absolute atomic E-state index is 12.6. The Morgan fingerprint density at radius 3 is 2.58 bits per heavy atom. The van der Waals surface area contributed by atoms with Crippen LogP contribution in [0.25, 0.3) is 11.0 Å². The van der Waals surface area contributed by atoms with E-state index in [-0.39, 0.29) is 11.9 Å². The Hall–Kier alpha value is -1.85. The first-order valence-electron chi connectivity index (χ1n) is 8.83. The number of amides is 1. The van der Waals surface area contributed by atoms with Crippen LogP contribution in [-0.2, 0) is 0 Å². The molecule has 1 N–H and O–H groups in total. The van der Waals surface area contributed by atoms with E-state index < -0.39 is 0 Å². The van der Waals surface area contributed by atoms with E-state index >= 15 is 0 Å². The number of carbonyl (C=O) groups is 1. The summed E-state index contributed by atoms with van der Waals surface area (Å²) in [6.45, 7) is 1.94. The van der Waals surface area contributed by atoms with E-state index in [2.05, 4.69) is 17.4 Å². The zero-order chi connectivity index (χ0) is 17.9. The molecule has 0 aliphatic carbocycles. The van der Waals surface area contributed by atoms with Gasteiger partial charge >= 0.3 is 0 Å². The Morgan fingerprint density at radius 1 is 1.12 bits per heavy atom. The summed E-state index contributed by atoms with van der Waals surface area (Å²) in [7, 11) is 0. The molecule has 1 amide bonds.